The van der Waals surface area contributed by atoms with Gasteiger partial charge in [-0.25, -0.2) is 4.39 Å². The normalized spacial score (nSPS) is 15.3. The average Bonchev–Trinajstić information content (AvgIpc) is 3.30. The third-order valence-corrected chi connectivity index (χ3v) is 4.10. The molecule has 23 heavy (non-hydrogen) atoms. The Kier molecular flexibility index (Phi) is 5.71. The highest BCUT2D eigenvalue weighted by Gasteiger charge is 2.56. The summed E-state index contributed by atoms with van der Waals surface area (Å²) in [6.07, 6.45) is 1.56. The second-order valence-corrected chi connectivity index (χ2v) is 6.24. The molecule has 126 valence electrons. The van der Waals surface area contributed by atoms with E-state index in [-0.39, 0.29) is 17.6 Å². The molecule has 0 radical (unpaired) electrons. The van der Waals surface area contributed by atoms with Crippen LogP contribution in [0.25, 0.3) is 0 Å². The zero-order valence-corrected chi connectivity index (χ0v) is 13.7. The molecule has 0 bridgehead atoms. The van der Waals surface area contributed by atoms with E-state index in [1.807, 2.05) is 19.0 Å². The molecule has 0 heterocycles. The van der Waals surface area contributed by atoms with E-state index in [2.05, 4.69) is 10.6 Å². The van der Waals surface area contributed by atoms with Crippen LogP contribution in [0.2, 0.25) is 0 Å². The zero-order valence-electron chi connectivity index (χ0n) is 13.7. The average molecular weight is 321 g/mol. The summed E-state index contributed by atoms with van der Waals surface area (Å²) < 4.78 is 13.5. The number of carbonyl (C=O) groups is 2. The van der Waals surface area contributed by atoms with Gasteiger partial charge in [-0.05, 0) is 45.0 Å². The molecule has 0 aromatic heterocycles. The summed E-state index contributed by atoms with van der Waals surface area (Å²) in [7, 11) is 3.85. The molecule has 1 aromatic carbocycles. The number of nitrogens with one attached hydrogen (secondary N) is 2. The second-order valence-electron chi connectivity index (χ2n) is 6.24. The summed E-state index contributed by atoms with van der Waals surface area (Å²) in [6, 6.07) is 6.50. The van der Waals surface area contributed by atoms with Crippen molar-refractivity contribution in [2.45, 2.75) is 19.3 Å². The monoisotopic (exact) mass is 321 g/mol. The topological polar surface area (TPSA) is 61.4 Å². The smallest absolute Gasteiger partial charge is 0.235 e. The van der Waals surface area contributed by atoms with Gasteiger partial charge in [0, 0.05) is 19.6 Å². The number of carbonyl (C=O) groups excluding carboxylic acids is 2. The molecule has 2 N–H and O–H groups in total. The maximum absolute atomic E-state index is 13.5. The molecule has 0 atom stereocenters. The van der Waals surface area contributed by atoms with E-state index in [4.69, 9.17) is 0 Å². The SMILES string of the molecule is CN(C)CCNC(=O)C1(C(=O)NCCc2ccccc2F)CC1. The van der Waals surface area contributed by atoms with Crippen LogP contribution in [-0.2, 0) is 16.0 Å². The van der Waals surface area contributed by atoms with E-state index in [0.29, 0.717) is 37.9 Å². The first-order valence-corrected chi connectivity index (χ1v) is 7.90. The first-order chi connectivity index (χ1) is 11.0. The van der Waals surface area contributed by atoms with E-state index in [1.54, 1.807) is 18.2 Å². The number of nitrogens with zero attached hydrogens (tertiary/aromatic N) is 1. The Morgan fingerprint density at radius 3 is 2.30 bits per heavy atom. The van der Waals surface area contributed by atoms with Gasteiger partial charge in [0.15, 0.2) is 0 Å². The van der Waals surface area contributed by atoms with Gasteiger partial charge in [-0.1, -0.05) is 18.2 Å². The molecule has 1 aliphatic carbocycles. The van der Waals surface area contributed by atoms with Crippen molar-refractivity contribution in [2.75, 3.05) is 33.7 Å². The fourth-order valence-corrected chi connectivity index (χ4v) is 2.43. The van der Waals surface area contributed by atoms with Crippen molar-refractivity contribution >= 4 is 11.8 Å². The van der Waals surface area contributed by atoms with E-state index >= 15 is 0 Å². The van der Waals surface area contributed by atoms with Gasteiger partial charge in [0.05, 0.1) is 0 Å². The molecule has 0 saturated heterocycles. The Hall–Kier alpha value is -1.95. The van der Waals surface area contributed by atoms with Gasteiger partial charge in [0.25, 0.3) is 0 Å². The molecule has 1 aliphatic rings. The van der Waals surface area contributed by atoms with Crippen molar-refractivity contribution < 1.29 is 14.0 Å². The number of hydrogen-bond acceptors (Lipinski definition) is 3. The van der Waals surface area contributed by atoms with Gasteiger partial charge in [0.2, 0.25) is 11.8 Å². The van der Waals surface area contributed by atoms with E-state index in [1.165, 1.54) is 6.07 Å². The minimum Gasteiger partial charge on any atom is -0.355 e. The molecular formula is C17H24FN3O2. The Balaban J connectivity index is 1.78. The highest BCUT2D eigenvalue weighted by Crippen LogP contribution is 2.46. The first kappa shape index (κ1) is 17.4. The molecule has 2 amide bonds. The summed E-state index contributed by atoms with van der Waals surface area (Å²) in [4.78, 5) is 26.4. The van der Waals surface area contributed by atoms with E-state index in [9.17, 15) is 14.0 Å². The lowest BCUT2D eigenvalue weighted by Gasteiger charge is -2.16. The van der Waals surface area contributed by atoms with Gasteiger partial charge in [0.1, 0.15) is 11.2 Å². The highest BCUT2D eigenvalue weighted by molar-refractivity contribution is 6.07. The number of hydrogen-bond donors (Lipinski definition) is 2. The van der Waals surface area contributed by atoms with Crippen molar-refractivity contribution in [1.82, 2.24) is 15.5 Å². The summed E-state index contributed by atoms with van der Waals surface area (Å²) in [5.74, 6) is -0.733. The highest BCUT2D eigenvalue weighted by atomic mass is 19.1. The fourth-order valence-electron chi connectivity index (χ4n) is 2.43. The van der Waals surface area contributed by atoms with E-state index < -0.39 is 5.41 Å². The maximum atomic E-state index is 13.5. The Bertz CT molecular complexity index is 571. The van der Waals surface area contributed by atoms with Gasteiger partial charge < -0.3 is 15.5 Å². The molecule has 5 nitrogen and oxygen atoms in total. The lowest BCUT2D eigenvalue weighted by atomic mass is 10.0. The van der Waals surface area contributed by atoms with Crippen LogP contribution in [0.3, 0.4) is 0 Å². The molecular weight excluding hydrogens is 297 g/mol. The molecule has 1 fully saturated rings. The van der Waals surface area contributed by atoms with Crippen LogP contribution >= 0.6 is 0 Å². The standard InChI is InChI=1S/C17H24FN3O2/c1-21(2)12-11-20-16(23)17(8-9-17)15(22)19-10-7-13-5-3-4-6-14(13)18/h3-6H,7-12H2,1-2H3,(H,19,22)(H,20,23). The van der Waals surface area contributed by atoms with Crippen LogP contribution in [0.4, 0.5) is 4.39 Å². The number of likely N-dealkylation sites (N-methyl/N-ethyl adjacent to an activating group) is 1. The number of amides is 2. The Morgan fingerprint density at radius 1 is 1.13 bits per heavy atom. The molecule has 1 aromatic rings. The van der Waals surface area contributed by atoms with E-state index in [0.717, 1.165) is 6.54 Å². The third-order valence-electron chi connectivity index (χ3n) is 4.10. The van der Waals surface area contributed by atoms with Crippen LogP contribution in [0.1, 0.15) is 18.4 Å². The molecule has 2 rings (SSSR count). The van der Waals surface area contributed by atoms with Crippen LogP contribution in [-0.4, -0.2) is 50.4 Å². The Labute approximate surface area is 136 Å². The van der Waals surface area contributed by atoms with Crippen molar-refractivity contribution in [1.29, 1.82) is 0 Å². The van der Waals surface area contributed by atoms with Crippen LogP contribution in [0.15, 0.2) is 24.3 Å². The van der Waals surface area contributed by atoms with Gasteiger partial charge in [-0.15, -0.1) is 0 Å². The quantitative estimate of drug-likeness (QED) is 0.701. The van der Waals surface area contributed by atoms with Crippen molar-refractivity contribution in [3.63, 3.8) is 0 Å². The third kappa shape index (κ3) is 4.51. The minimum atomic E-state index is -0.915. The summed E-state index contributed by atoms with van der Waals surface area (Å²) in [6.45, 7) is 1.58. The Morgan fingerprint density at radius 2 is 1.74 bits per heavy atom. The first-order valence-electron chi connectivity index (χ1n) is 7.90. The number of benzene rings is 1. The molecule has 6 heteroatoms. The second kappa shape index (κ2) is 7.55. The molecule has 1 saturated carbocycles. The number of rotatable bonds is 8. The van der Waals surface area contributed by atoms with Crippen molar-refractivity contribution in [3.05, 3.63) is 35.6 Å². The van der Waals surface area contributed by atoms with Gasteiger partial charge in [-0.3, -0.25) is 9.59 Å². The predicted octanol–water partition coefficient (Wildman–Crippen LogP) is 0.942. The minimum absolute atomic E-state index is 0.206. The largest absolute Gasteiger partial charge is 0.355 e. The van der Waals surface area contributed by atoms with Crippen molar-refractivity contribution in [2.24, 2.45) is 5.41 Å². The van der Waals surface area contributed by atoms with Gasteiger partial charge >= 0.3 is 0 Å². The molecule has 0 unspecified atom stereocenters. The molecule has 0 aliphatic heterocycles. The maximum Gasteiger partial charge on any atom is 0.235 e. The zero-order chi connectivity index (χ0) is 16.9. The van der Waals surface area contributed by atoms with Gasteiger partial charge in [-0.2, -0.15) is 0 Å². The summed E-state index contributed by atoms with van der Waals surface area (Å²) >= 11 is 0. The molecule has 0 spiro atoms. The lowest BCUT2D eigenvalue weighted by Crippen LogP contribution is -2.45. The van der Waals surface area contributed by atoms with Crippen LogP contribution < -0.4 is 10.6 Å². The van der Waals surface area contributed by atoms with Crippen molar-refractivity contribution in [3.8, 4) is 0 Å². The fraction of sp³-hybridized carbons (Fsp3) is 0.529. The predicted molar refractivity (Wildman–Crippen MR) is 86.3 cm³/mol. The van der Waals surface area contributed by atoms with Crippen LogP contribution in [0.5, 0.6) is 0 Å². The van der Waals surface area contributed by atoms with Crippen LogP contribution in [0, 0.1) is 11.2 Å². The number of halogens is 1. The lowest BCUT2D eigenvalue weighted by molar-refractivity contribution is -0.137. The summed E-state index contributed by atoms with van der Waals surface area (Å²) in [5, 5.41) is 5.58. The summed E-state index contributed by atoms with van der Waals surface area (Å²) in [5.41, 5.74) is -0.352.